The van der Waals surface area contributed by atoms with E-state index in [0.717, 1.165) is 11.3 Å². The molecule has 0 bridgehead atoms. The van der Waals surface area contributed by atoms with Gasteiger partial charge in [0.05, 0.1) is 17.7 Å². The fourth-order valence-electron chi connectivity index (χ4n) is 2.25. The summed E-state index contributed by atoms with van der Waals surface area (Å²) in [4.78, 5) is 23.5. The molecule has 6 heteroatoms. The summed E-state index contributed by atoms with van der Waals surface area (Å²) in [5.74, 6) is -1.18. The zero-order chi connectivity index (χ0) is 14.6. The molecule has 2 rings (SSSR count). The third-order valence-corrected chi connectivity index (χ3v) is 4.40. The van der Waals surface area contributed by atoms with Crippen molar-refractivity contribution in [1.82, 2.24) is 5.32 Å². The van der Waals surface area contributed by atoms with Gasteiger partial charge in [0.2, 0.25) is 5.91 Å². The minimum Gasteiger partial charge on any atom is -0.481 e. The molecule has 2 N–H and O–H groups in total. The van der Waals surface area contributed by atoms with Crippen LogP contribution in [-0.2, 0) is 9.59 Å². The zero-order valence-electron chi connectivity index (χ0n) is 10.9. The molecule has 0 saturated heterocycles. The van der Waals surface area contributed by atoms with Crippen LogP contribution in [-0.4, -0.2) is 28.3 Å². The summed E-state index contributed by atoms with van der Waals surface area (Å²) in [6.45, 7) is 0. The molecular formula is C14H16FNO3S. The fourth-order valence-corrected chi connectivity index (χ4v) is 2.95. The lowest BCUT2D eigenvalue weighted by molar-refractivity contribution is -0.140. The van der Waals surface area contributed by atoms with Gasteiger partial charge in [-0.05, 0) is 43.5 Å². The maximum absolute atomic E-state index is 12.7. The molecule has 0 spiro atoms. The third-order valence-electron chi connectivity index (χ3n) is 3.39. The van der Waals surface area contributed by atoms with Crippen molar-refractivity contribution in [1.29, 1.82) is 0 Å². The summed E-state index contributed by atoms with van der Waals surface area (Å²) < 4.78 is 12.7. The predicted octanol–water partition coefficient (Wildman–Crippen LogP) is 2.43. The Morgan fingerprint density at radius 1 is 1.30 bits per heavy atom. The molecule has 1 aliphatic carbocycles. The van der Waals surface area contributed by atoms with Gasteiger partial charge in [-0.25, -0.2) is 4.39 Å². The minimum absolute atomic E-state index is 0.0278. The standard InChI is InChI=1S/C14H16FNO3S/c15-10-2-4-11(5-3-10)20-9-12(17)16-14(6-1-7-14)8-13(18)19/h2-5H,1,6-9H2,(H,16,17)(H,18,19). The lowest BCUT2D eigenvalue weighted by atomic mass is 9.74. The second-order valence-electron chi connectivity index (χ2n) is 5.00. The average Bonchev–Trinajstić information content (AvgIpc) is 2.35. The molecule has 20 heavy (non-hydrogen) atoms. The Morgan fingerprint density at radius 3 is 2.45 bits per heavy atom. The van der Waals surface area contributed by atoms with Gasteiger partial charge in [-0.15, -0.1) is 11.8 Å². The maximum atomic E-state index is 12.7. The Balaban J connectivity index is 1.83. The van der Waals surface area contributed by atoms with Gasteiger partial charge in [0.15, 0.2) is 0 Å². The molecule has 0 aromatic heterocycles. The predicted molar refractivity (Wildman–Crippen MR) is 74.1 cm³/mol. The molecule has 0 aliphatic heterocycles. The first kappa shape index (κ1) is 14.8. The van der Waals surface area contributed by atoms with Crippen molar-refractivity contribution in [3.8, 4) is 0 Å². The number of amides is 1. The molecule has 0 radical (unpaired) electrons. The monoisotopic (exact) mass is 297 g/mol. The van der Waals surface area contributed by atoms with Crippen LogP contribution in [0, 0.1) is 5.82 Å². The molecule has 1 amide bonds. The second kappa shape index (κ2) is 6.26. The normalized spacial score (nSPS) is 16.2. The zero-order valence-corrected chi connectivity index (χ0v) is 11.7. The first-order valence-electron chi connectivity index (χ1n) is 6.40. The van der Waals surface area contributed by atoms with E-state index in [2.05, 4.69) is 5.32 Å². The van der Waals surface area contributed by atoms with E-state index in [4.69, 9.17) is 5.11 Å². The summed E-state index contributed by atoms with van der Waals surface area (Å²) in [6.07, 6.45) is 2.34. The van der Waals surface area contributed by atoms with Crippen molar-refractivity contribution in [3.05, 3.63) is 30.1 Å². The van der Waals surface area contributed by atoms with E-state index < -0.39 is 11.5 Å². The van der Waals surface area contributed by atoms with Crippen molar-refractivity contribution in [3.63, 3.8) is 0 Å². The van der Waals surface area contributed by atoms with Crippen molar-refractivity contribution in [2.75, 3.05) is 5.75 Å². The number of nitrogens with one attached hydrogen (secondary N) is 1. The van der Waals surface area contributed by atoms with Crippen LogP contribution in [0.4, 0.5) is 4.39 Å². The fraction of sp³-hybridized carbons (Fsp3) is 0.429. The van der Waals surface area contributed by atoms with E-state index in [1.54, 1.807) is 12.1 Å². The molecular weight excluding hydrogens is 281 g/mol. The molecule has 1 aliphatic rings. The van der Waals surface area contributed by atoms with Crippen LogP contribution in [0.2, 0.25) is 0 Å². The number of carboxylic acids is 1. The van der Waals surface area contributed by atoms with Gasteiger partial charge in [-0.1, -0.05) is 0 Å². The van der Waals surface area contributed by atoms with Crippen LogP contribution in [0.25, 0.3) is 0 Å². The number of carbonyl (C=O) groups excluding carboxylic acids is 1. The van der Waals surface area contributed by atoms with Gasteiger partial charge < -0.3 is 10.4 Å². The van der Waals surface area contributed by atoms with Gasteiger partial charge >= 0.3 is 5.97 Å². The summed E-state index contributed by atoms with van der Waals surface area (Å²) in [5, 5.41) is 11.7. The van der Waals surface area contributed by atoms with Crippen LogP contribution in [0.15, 0.2) is 29.2 Å². The molecule has 1 aromatic carbocycles. The quantitative estimate of drug-likeness (QED) is 0.791. The van der Waals surface area contributed by atoms with E-state index >= 15 is 0 Å². The lowest BCUT2D eigenvalue weighted by Crippen LogP contribution is -2.55. The molecule has 1 fully saturated rings. The highest BCUT2D eigenvalue weighted by molar-refractivity contribution is 8.00. The number of hydrogen-bond acceptors (Lipinski definition) is 3. The first-order chi connectivity index (χ1) is 9.49. The van der Waals surface area contributed by atoms with Gasteiger partial charge in [0, 0.05) is 4.90 Å². The Morgan fingerprint density at radius 2 is 1.95 bits per heavy atom. The summed E-state index contributed by atoms with van der Waals surface area (Å²) in [7, 11) is 0. The Labute approximate surface area is 120 Å². The molecule has 1 saturated carbocycles. The number of thioether (sulfide) groups is 1. The third kappa shape index (κ3) is 3.96. The highest BCUT2D eigenvalue weighted by Crippen LogP contribution is 2.35. The van der Waals surface area contributed by atoms with E-state index in [-0.39, 0.29) is 23.9 Å². The molecule has 1 aromatic rings. The van der Waals surface area contributed by atoms with Crippen molar-refractivity contribution >= 4 is 23.6 Å². The van der Waals surface area contributed by atoms with Crippen molar-refractivity contribution < 1.29 is 19.1 Å². The van der Waals surface area contributed by atoms with E-state index in [1.807, 2.05) is 0 Å². The summed E-state index contributed by atoms with van der Waals surface area (Å²) in [6, 6.07) is 5.92. The Hall–Kier alpha value is -1.56. The van der Waals surface area contributed by atoms with E-state index in [9.17, 15) is 14.0 Å². The molecule has 0 heterocycles. The molecule has 0 unspecified atom stereocenters. The van der Waals surface area contributed by atoms with Crippen LogP contribution in [0.3, 0.4) is 0 Å². The number of rotatable bonds is 6. The van der Waals surface area contributed by atoms with Crippen LogP contribution in [0.5, 0.6) is 0 Å². The van der Waals surface area contributed by atoms with Gasteiger partial charge in [-0.2, -0.15) is 0 Å². The molecule has 0 atom stereocenters. The lowest BCUT2D eigenvalue weighted by Gasteiger charge is -2.41. The number of hydrogen-bond donors (Lipinski definition) is 2. The summed E-state index contributed by atoms with van der Waals surface area (Å²) in [5.41, 5.74) is -0.563. The van der Waals surface area contributed by atoms with Crippen LogP contribution >= 0.6 is 11.8 Å². The molecule has 4 nitrogen and oxygen atoms in total. The number of aliphatic carboxylic acids is 1. The number of halogens is 1. The van der Waals surface area contributed by atoms with Crippen LogP contribution < -0.4 is 5.32 Å². The second-order valence-corrected chi connectivity index (χ2v) is 6.04. The maximum Gasteiger partial charge on any atom is 0.305 e. The number of benzene rings is 1. The Kier molecular flexibility index (Phi) is 4.65. The van der Waals surface area contributed by atoms with Crippen molar-refractivity contribution in [2.24, 2.45) is 0 Å². The molecule has 108 valence electrons. The number of carboxylic acid groups (broad SMARTS) is 1. The average molecular weight is 297 g/mol. The van der Waals surface area contributed by atoms with Crippen LogP contribution in [0.1, 0.15) is 25.7 Å². The van der Waals surface area contributed by atoms with E-state index in [1.165, 1.54) is 23.9 Å². The van der Waals surface area contributed by atoms with Crippen molar-refractivity contribution in [2.45, 2.75) is 36.1 Å². The highest BCUT2D eigenvalue weighted by Gasteiger charge is 2.40. The summed E-state index contributed by atoms with van der Waals surface area (Å²) >= 11 is 1.31. The van der Waals surface area contributed by atoms with Gasteiger partial charge in [0.25, 0.3) is 0 Å². The SMILES string of the molecule is O=C(O)CC1(NC(=O)CSc2ccc(F)cc2)CCC1. The minimum atomic E-state index is -0.892. The van der Waals surface area contributed by atoms with E-state index in [0.29, 0.717) is 12.8 Å². The Bertz CT molecular complexity index is 500. The highest BCUT2D eigenvalue weighted by atomic mass is 32.2. The smallest absolute Gasteiger partial charge is 0.305 e. The van der Waals surface area contributed by atoms with Gasteiger partial charge in [0.1, 0.15) is 5.82 Å². The van der Waals surface area contributed by atoms with Gasteiger partial charge in [-0.3, -0.25) is 9.59 Å². The topological polar surface area (TPSA) is 66.4 Å². The first-order valence-corrected chi connectivity index (χ1v) is 7.39. The largest absolute Gasteiger partial charge is 0.481 e. The number of carbonyl (C=O) groups is 2.